The zero-order chi connectivity index (χ0) is 27.8. The number of hydrogen-bond acceptors (Lipinski definition) is 11. The van der Waals surface area contributed by atoms with Gasteiger partial charge in [0, 0.05) is 50.4 Å². The Morgan fingerprint density at radius 1 is 0.895 bits per heavy atom. The number of fused-ring (bicyclic) bond motifs is 2. The van der Waals surface area contributed by atoms with Crippen LogP contribution in [0.2, 0.25) is 0 Å². The Balaban J connectivity index is 1.60. The van der Waals surface area contributed by atoms with Gasteiger partial charge in [0.2, 0.25) is 0 Å². The summed E-state index contributed by atoms with van der Waals surface area (Å²) in [5, 5.41) is 10.3. The molecule has 2 aromatic heterocycles. The number of carbonyl (C=O) groups excluding carboxylic acids is 1. The Kier molecular flexibility index (Phi) is 7.53. The highest BCUT2D eigenvalue weighted by Crippen LogP contribution is 2.35. The summed E-state index contributed by atoms with van der Waals surface area (Å²) in [6.07, 6.45) is 0.228. The minimum Gasteiger partial charge on any atom is -0.456 e. The molecular formula is C27H35N7O2S2. The summed E-state index contributed by atoms with van der Waals surface area (Å²) in [5.41, 5.74) is 13.9. The highest BCUT2D eigenvalue weighted by Gasteiger charge is 2.34. The number of nitrogens with zero attached hydrogens (tertiary/aromatic N) is 4. The number of carbonyl (C=O) groups is 1. The third kappa shape index (κ3) is 6.51. The Bertz CT molecular complexity index is 1400. The summed E-state index contributed by atoms with van der Waals surface area (Å²) in [6.45, 7) is 8.59. The molecule has 0 bridgehead atoms. The number of rotatable bonds is 9. The van der Waals surface area contributed by atoms with Gasteiger partial charge >= 0.3 is 5.97 Å². The number of esters is 1. The molecule has 2 aromatic carbocycles. The molecule has 0 aliphatic carbocycles. The lowest BCUT2D eigenvalue weighted by atomic mass is 9.83. The van der Waals surface area contributed by atoms with Crippen LogP contribution in [0.15, 0.2) is 36.4 Å². The smallest absolute Gasteiger partial charge is 0.352 e. The van der Waals surface area contributed by atoms with Gasteiger partial charge in [-0.2, -0.15) is 0 Å². The van der Waals surface area contributed by atoms with Gasteiger partial charge in [0.05, 0.1) is 20.4 Å². The van der Waals surface area contributed by atoms with Crippen LogP contribution in [0.25, 0.3) is 20.4 Å². The summed E-state index contributed by atoms with van der Waals surface area (Å²) in [4.78, 5) is 26.5. The molecule has 11 heteroatoms. The van der Waals surface area contributed by atoms with Crippen molar-refractivity contribution in [3.63, 3.8) is 0 Å². The normalized spacial score (nSPS) is 12.2. The first-order valence-electron chi connectivity index (χ1n) is 12.3. The maximum Gasteiger partial charge on any atom is 0.352 e. The van der Waals surface area contributed by atoms with Crippen molar-refractivity contribution >= 4 is 76.4 Å². The van der Waals surface area contributed by atoms with Crippen LogP contribution in [0.3, 0.4) is 0 Å². The quantitative estimate of drug-likeness (QED) is 0.142. The van der Waals surface area contributed by atoms with Gasteiger partial charge in [0.25, 0.3) is 0 Å². The van der Waals surface area contributed by atoms with E-state index in [0.717, 1.165) is 30.7 Å². The van der Waals surface area contributed by atoms with E-state index >= 15 is 0 Å². The van der Waals surface area contributed by atoms with Gasteiger partial charge in [-0.1, -0.05) is 29.6 Å². The molecule has 202 valence electrons. The van der Waals surface area contributed by atoms with Gasteiger partial charge in [0.1, 0.15) is 11.3 Å². The second-order valence-corrected chi connectivity index (χ2v) is 13.1. The van der Waals surface area contributed by atoms with Gasteiger partial charge in [-0.3, -0.25) is 5.41 Å². The van der Waals surface area contributed by atoms with Crippen molar-refractivity contribution in [3.05, 3.63) is 36.4 Å². The molecule has 0 aliphatic rings. The van der Waals surface area contributed by atoms with E-state index in [1.807, 2.05) is 50.5 Å². The first-order chi connectivity index (χ1) is 17.7. The fraction of sp³-hybridized carbons (Fsp3) is 0.407. The highest BCUT2D eigenvalue weighted by atomic mass is 32.1. The van der Waals surface area contributed by atoms with E-state index in [1.54, 1.807) is 43.4 Å². The van der Waals surface area contributed by atoms with Gasteiger partial charge in [-0.25, -0.2) is 14.8 Å². The van der Waals surface area contributed by atoms with Crippen molar-refractivity contribution in [1.29, 1.82) is 5.41 Å². The van der Waals surface area contributed by atoms with Crippen molar-refractivity contribution < 1.29 is 9.53 Å². The lowest BCUT2D eigenvalue weighted by molar-refractivity contribution is -0.146. The largest absolute Gasteiger partial charge is 0.456 e. The maximum atomic E-state index is 12.7. The standard InChI is InChI=1S/C27H35N7O2S2/c1-26(2,3)36-23(35)18(30)13-27(4,14-33(5)24-31-19-9-7-16(28)11-21(19)37-24)15-34(6)25-32-20-10-8-17(29)12-22(20)38-25/h7-12,30H,13-15,28-29H2,1-6H3. The monoisotopic (exact) mass is 553 g/mol. The third-order valence-electron chi connectivity index (χ3n) is 5.94. The average molecular weight is 554 g/mol. The van der Waals surface area contributed by atoms with Crippen LogP contribution in [0.4, 0.5) is 21.6 Å². The van der Waals surface area contributed by atoms with E-state index < -0.39 is 17.0 Å². The Morgan fingerprint density at radius 2 is 1.34 bits per heavy atom. The molecule has 4 aromatic rings. The Morgan fingerprint density at radius 3 is 1.76 bits per heavy atom. The molecule has 0 spiro atoms. The molecule has 38 heavy (non-hydrogen) atoms. The molecule has 0 amide bonds. The van der Waals surface area contributed by atoms with Gasteiger partial charge < -0.3 is 26.0 Å². The number of hydrogen-bond donors (Lipinski definition) is 3. The molecule has 4 rings (SSSR count). The van der Waals surface area contributed by atoms with Crippen molar-refractivity contribution in [1.82, 2.24) is 9.97 Å². The van der Waals surface area contributed by atoms with E-state index in [0.29, 0.717) is 24.5 Å². The molecule has 0 unspecified atom stereocenters. The first-order valence-corrected chi connectivity index (χ1v) is 13.9. The van der Waals surface area contributed by atoms with Crippen molar-refractivity contribution in [2.45, 2.75) is 39.7 Å². The van der Waals surface area contributed by atoms with Crippen LogP contribution in [0.5, 0.6) is 0 Å². The van der Waals surface area contributed by atoms with E-state index in [1.165, 1.54) is 0 Å². The van der Waals surface area contributed by atoms with Crippen LogP contribution >= 0.6 is 22.7 Å². The summed E-state index contributed by atoms with van der Waals surface area (Å²) >= 11 is 3.13. The third-order valence-corrected chi connectivity index (χ3v) is 8.21. The number of nitrogens with two attached hydrogens (primary N) is 2. The average Bonchev–Trinajstić information content (AvgIpc) is 3.41. The Hall–Kier alpha value is -3.44. The van der Waals surface area contributed by atoms with Crippen molar-refractivity contribution in [2.75, 3.05) is 48.5 Å². The molecule has 2 heterocycles. The molecule has 0 aliphatic heterocycles. The summed E-state index contributed by atoms with van der Waals surface area (Å²) in [5.74, 6) is -0.597. The number of anilines is 4. The van der Waals surface area contributed by atoms with Gasteiger partial charge in [0.15, 0.2) is 10.3 Å². The summed E-state index contributed by atoms with van der Waals surface area (Å²) < 4.78 is 7.52. The molecule has 0 saturated carbocycles. The van der Waals surface area contributed by atoms with E-state index in [4.69, 9.17) is 31.6 Å². The summed E-state index contributed by atoms with van der Waals surface area (Å²) in [7, 11) is 3.97. The summed E-state index contributed by atoms with van der Waals surface area (Å²) in [6, 6.07) is 11.4. The lowest BCUT2D eigenvalue weighted by Crippen LogP contribution is -2.44. The molecule has 0 atom stereocenters. The van der Waals surface area contributed by atoms with E-state index in [2.05, 4.69) is 16.7 Å². The minimum atomic E-state index is -0.668. The number of benzene rings is 2. The maximum absolute atomic E-state index is 12.7. The number of nitrogens with one attached hydrogen (secondary N) is 1. The number of thiazole rings is 2. The van der Waals surface area contributed by atoms with Gasteiger partial charge in [-0.15, -0.1) is 0 Å². The number of nitrogen functional groups attached to an aromatic ring is 2. The van der Waals surface area contributed by atoms with Crippen LogP contribution in [-0.2, 0) is 9.53 Å². The van der Waals surface area contributed by atoms with Crippen LogP contribution in [0, 0.1) is 10.8 Å². The van der Waals surface area contributed by atoms with E-state index in [-0.39, 0.29) is 12.1 Å². The van der Waals surface area contributed by atoms with Crippen LogP contribution in [0.1, 0.15) is 34.1 Å². The molecule has 5 N–H and O–H groups in total. The van der Waals surface area contributed by atoms with E-state index in [9.17, 15) is 4.79 Å². The second kappa shape index (κ2) is 10.4. The Labute approximate surface area is 230 Å². The van der Waals surface area contributed by atoms with Crippen LogP contribution < -0.4 is 21.3 Å². The molecule has 0 saturated heterocycles. The lowest BCUT2D eigenvalue weighted by Gasteiger charge is -2.37. The number of aromatic nitrogens is 2. The molecule has 9 nitrogen and oxygen atoms in total. The zero-order valence-electron chi connectivity index (χ0n) is 22.7. The highest BCUT2D eigenvalue weighted by molar-refractivity contribution is 7.22. The first kappa shape index (κ1) is 27.6. The van der Waals surface area contributed by atoms with Crippen molar-refractivity contribution in [3.8, 4) is 0 Å². The predicted octanol–water partition coefficient (Wildman–Crippen LogP) is 5.40. The predicted molar refractivity (Wildman–Crippen MR) is 161 cm³/mol. The zero-order valence-corrected chi connectivity index (χ0v) is 24.3. The second-order valence-electron chi connectivity index (χ2n) is 11.1. The molecule has 0 radical (unpaired) electrons. The molecular weight excluding hydrogens is 518 g/mol. The number of ether oxygens (including phenoxy) is 1. The van der Waals surface area contributed by atoms with Gasteiger partial charge in [-0.05, 0) is 57.2 Å². The topological polar surface area (TPSA) is 134 Å². The minimum absolute atomic E-state index is 0.0571. The fourth-order valence-electron chi connectivity index (χ4n) is 4.47. The SMILES string of the molecule is CN(CC(C)(CC(=N)C(=O)OC(C)(C)C)CN(C)c1nc2ccc(N)cc2s1)c1nc2ccc(N)cc2s1. The fourth-order valence-corrected chi connectivity index (χ4v) is 6.41. The molecule has 0 fully saturated rings. The van der Waals surface area contributed by atoms with Crippen LogP contribution in [-0.4, -0.2) is 54.4 Å². The van der Waals surface area contributed by atoms with Crippen molar-refractivity contribution in [2.24, 2.45) is 5.41 Å².